The van der Waals surface area contributed by atoms with Crippen LogP contribution in [0.2, 0.25) is 0 Å². The van der Waals surface area contributed by atoms with Gasteiger partial charge in [-0.05, 0) is 6.42 Å². The molecule has 1 amide bonds. The van der Waals surface area contributed by atoms with Crippen molar-refractivity contribution >= 4 is 11.9 Å². The van der Waals surface area contributed by atoms with E-state index in [1.807, 2.05) is 30.3 Å². The summed E-state index contributed by atoms with van der Waals surface area (Å²) in [6, 6.07) is 11.0. The van der Waals surface area contributed by atoms with E-state index in [1.54, 1.807) is 13.1 Å². The molecule has 0 aliphatic heterocycles. The fourth-order valence-electron chi connectivity index (χ4n) is 1.88. The summed E-state index contributed by atoms with van der Waals surface area (Å²) in [7, 11) is 1.61. The minimum Gasteiger partial charge on any atom is -0.481 e. The van der Waals surface area contributed by atoms with Gasteiger partial charge in [-0.15, -0.1) is 0 Å². The molecule has 21 heavy (non-hydrogen) atoms. The van der Waals surface area contributed by atoms with Crippen molar-refractivity contribution in [1.29, 1.82) is 0 Å². The molecule has 0 saturated carbocycles. The van der Waals surface area contributed by atoms with Crippen LogP contribution in [0.4, 0.5) is 0 Å². The first-order valence-corrected chi connectivity index (χ1v) is 6.57. The van der Waals surface area contributed by atoms with Crippen LogP contribution >= 0.6 is 0 Å². The third-order valence-corrected chi connectivity index (χ3v) is 3.02. The van der Waals surface area contributed by atoms with Crippen molar-refractivity contribution in [3.8, 4) is 11.3 Å². The van der Waals surface area contributed by atoms with Gasteiger partial charge in [0, 0.05) is 31.6 Å². The molecule has 110 valence electrons. The van der Waals surface area contributed by atoms with Crippen LogP contribution in [-0.2, 0) is 4.79 Å². The summed E-state index contributed by atoms with van der Waals surface area (Å²) in [6.45, 7) is 0.360. The van der Waals surface area contributed by atoms with Gasteiger partial charge in [0.15, 0.2) is 11.5 Å². The molecule has 0 bridgehead atoms. The second-order valence-corrected chi connectivity index (χ2v) is 4.67. The molecule has 0 atom stereocenters. The second kappa shape index (κ2) is 6.69. The third-order valence-electron chi connectivity index (χ3n) is 3.02. The molecule has 6 heteroatoms. The summed E-state index contributed by atoms with van der Waals surface area (Å²) in [5.41, 5.74) is 1.06. The van der Waals surface area contributed by atoms with Crippen LogP contribution < -0.4 is 0 Å². The molecule has 0 unspecified atom stereocenters. The van der Waals surface area contributed by atoms with Crippen molar-refractivity contribution in [2.24, 2.45) is 0 Å². The zero-order valence-electron chi connectivity index (χ0n) is 11.7. The van der Waals surface area contributed by atoms with Gasteiger partial charge in [-0.2, -0.15) is 0 Å². The summed E-state index contributed by atoms with van der Waals surface area (Å²) in [5, 5.41) is 12.4. The Kier molecular flexibility index (Phi) is 4.71. The zero-order chi connectivity index (χ0) is 15.2. The average molecular weight is 288 g/mol. The zero-order valence-corrected chi connectivity index (χ0v) is 11.7. The smallest absolute Gasteiger partial charge is 0.303 e. The van der Waals surface area contributed by atoms with Crippen molar-refractivity contribution in [3.05, 3.63) is 42.1 Å². The van der Waals surface area contributed by atoms with Crippen LogP contribution in [0, 0.1) is 0 Å². The summed E-state index contributed by atoms with van der Waals surface area (Å²) in [4.78, 5) is 24.0. The van der Waals surface area contributed by atoms with Crippen molar-refractivity contribution in [1.82, 2.24) is 10.1 Å². The molecule has 0 spiro atoms. The normalized spacial score (nSPS) is 10.3. The van der Waals surface area contributed by atoms with E-state index in [2.05, 4.69) is 5.16 Å². The number of carbonyl (C=O) groups is 2. The minimum absolute atomic E-state index is 0.0334. The standard InChI is InChI=1S/C15H16N2O4/c1-17(9-5-8-14(18)19)15(20)12-10-13(21-16-12)11-6-3-2-4-7-11/h2-4,6-7,10H,5,8-9H2,1H3,(H,18,19). The van der Waals surface area contributed by atoms with E-state index in [4.69, 9.17) is 9.63 Å². The number of carbonyl (C=O) groups excluding carboxylic acids is 1. The molecule has 1 aromatic heterocycles. The first-order chi connectivity index (χ1) is 10.1. The van der Waals surface area contributed by atoms with Crippen molar-refractivity contribution in [2.45, 2.75) is 12.8 Å². The topological polar surface area (TPSA) is 83.6 Å². The largest absolute Gasteiger partial charge is 0.481 e. The number of aliphatic carboxylic acids is 1. The van der Waals surface area contributed by atoms with E-state index in [1.165, 1.54) is 4.90 Å². The van der Waals surface area contributed by atoms with Crippen molar-refractivity contribution < 1.29 is 19.2 Å². The molecule has 6 nitrogen and oxygen atoms in total. The van der Waals surface area contributed by atoms with Crippen LogP contribution in [0.15, 0.2) is 40.9 Å². The number of aromatic nitrogens is 1. The molecular weight excluding hydrogens is 272 g/mol. The fourth-order valence-corrected chi connectivity index (χ4v) is 1.88. The van der Waals surface area contributed by atoms with Crippen LogP contribution in [0.1, 0.15) is 23.3 Å². The summed E-state index contributed by atoms with van der Waals surface area (Å²) in [5.74, 6) is -0.632. The number of nitrogens with zero attached hydrogens (tertiary/aromatic N) is 2. The third kappa shape index (κ3) is 3.92. The Bertz CT molecular complexity index is 622. The molecular formula is C15H16N2O4. The highest BCUT2D eigenvalue weighted by Crippen LogP contribution is 2.20. The quantitative estimate of drug-likeness (QED) is 0.881. The Morgan fingerprint density at radius 3 is 2.67 bits per heavy atom. The lowest BCUT2D eigenvalue weighted by Gasteiger charge is -2.14. The SMILES string of the molecule is CN(CCCC(=O)O)C(=O)c1cc(-c2ccccc2)on1. The molecule has 0 aliphatic carbocycles. The summed E-state index contributed by atoms with van der Waals surface area (Å²) >= 11 is 0. The molecule has 1 heterocycles. The average Bonchev–Trinajstić information content (AvgIpc) is 2.96. The van der Waals surface area contributed by atoms with Gasteiger partial charge in [-0.25, -0.2) is 0 Å². The van der Waals surface area contributed by atoms with Gasteiger partial charge >= 0.3 is 5.97 Å². The van der Waals surface area contributed by atoms with E-state index >= 15 is 0 Å². The predicted octanol–water partition coefficient (Wildman–Crippen LogP) is 2.28. The number of carboxylic acid groups (broad SMARTS) is 1. The highest BCUT2D eigenvalue weighted by Gasteiger charge is 2.17. The van der Waals surface area contributed by atoms with Crippen molar-refractivity contribution in [2.75, 3.05) is 13.6 Å². The molecule has 1 aromatic carbocycles. The maximum atomic E-state index is 12.1. The Morgan fingerprint density at radius 1 is 1.29 bits per heavy atom. The van der Waals surface area contributed by atoms with Crippen LogP contribution in [-0.4, -0.2) is 40.6 Å². The second-order valence-electron chi connectivity index (χ2n) is 4.67. The van der Waals surface area contributed by atoms with Gasteiger partial charge in [0.2, 0.25) is 0 Å². The Hall–Kier alpha value is -2.63. The van der Waals surface area contributed by atoms with Crippen LogP contribution in [0.5, 0.6) is 0 Å². The highest BCUT2D eigenvalue weighted by atomic mass is 16.5. The number of amides is 1. The maximum Gasteiger partial charge on any atom is 0.303 e. The molecule has 0 aliphatic rings. The fraction of sp³-hybridized carbons (Fsp3) is 0.267. The first-order valence-electron chi connectivity index (χ1n) is 6.57. The van der Waals surface area contributed by atoms with E-state index in [9.17, 15) is 9.59 Å². The van der Waals surface area contributed by atoms with E-state index in [0.29, 0.717) is 18.7 Å². The Labute approximate surface area is 122 Å². The highest BCUT2D eigenvalue weighted by molar-refractivity contribution is 5.92. The van der Waals surface area contributed by atoms with Gasteiger partial charge in [-0.3, -0.25) is 9.59 Å². The molecule has 2 rings (SSSR count). The van der Waals surface area contributed by atoms with Gasteiger partial charge in [-0.1, -0.05) is 35.5 Å². The minimum atomic E-state index is -0.872. The molecule has 0 saturated heterocycles. The molecule has 2 aromatic rings. The van der Waals surface area contributed by atoms with Gasteiger partial charge in [0.1, 0.15) is 0 Å². The van der Waals surface area contributed by atoms with E-state index in [-0.39, 0.29) is 18.0 Å². The summed E-state index contributed by atoms with van der Waals surface area (Å²) < 4.78 is 5.17. The number of benzene rings is 1. The lowest BCUT2D eigenvalue weighted by Crippen LogP contribution is -2.28. The first kappa shape index (κ1) is 14.8. The maximum absolute atomic E-state index is 12.1. The molecule has 1 N–H and O–H groups in total. The summed E-state index contributed by atoms with van der Waals surface area (Å²) in [6.07, 6.45) is 0.437. The van der Waals surface area contributed by atoms with Crippen molar-refractivity contribution in [3.63, 3.8) is 0 Å². The van der Waals surface area contributed by atoms with Gasteiger partial charge < -0.3 is 14.5 Å². The van der Waals surface area contributed by atoms with E-state index in [0.717, 1.165) is 5.56 Å². The molecule has 0 radical (unpaired) electrons. The Morgan fingerprint density at radius 2 is 2.00 bits per heavy atom. The number of rotatable bonds is 6. The number of hydrogen-bond donors (Lipinski definition) is 1. The van der Waals surface area contributed by atoms with E-state index < -0.39 is 5.97 Å². The van der Waals surface area contributed by atoms with Gasteiger partial charge in [0.25, 0.3) is 5.91 Å². The number of hydrogen-bond acceptors (Lipinski definition) is 4. The lowest BCUT2D eigenvalue weighted by atomic mass is 10.1. The van der Waals surface area contributed by atoms with Crippen LogP contribution in [0.25, 0.3) is 11.3 Å². The van der Waals surface area contributed by atoms with Crippen LogP contribution in [0.3, 0.4) is 0 Å². The lowest BCUT2D eigenvalue weighted by molar-refractivity contribution is -0.137. The number of carboxylic acids is 1. The monoisotopic (exact) mass is 288 g/mol. The van der Waals surface area contributed by atoms with Gasteiger partial charge in [0.05, 0.1) is 0 Å². The predicted molar refractivity (Wildman–Crippen MR) is 75.8 cm³/mol. The molecule has 0 fully saturated rings. The Balaban J connectivity index is 2.00.